The van der Waals surface area contributed by atoms with Gasteiger partial charge in [0.2, 0.25) is 17.7 Å². The van der Waals surface area contributed by atoms with E-state index in [4.69, 9.17) is 11.6 Å². The van der Waals surface area contributed by atoms with Crippen LogP contribution >= 0.6 is 11.6 Å². The lowest BCUT2D eigenvalue weighted by molar-refractivity contribution is -0.205. The SMILES string of the molecule is C=CCN1CC(=O)N2[C@@H](Cc3ccc(O)cc3)C(=O)N(Cc3cccc4c(C(C)=O)cn(S(=O)(=O)C5=CCC(Cl)C=C5)c34)C[C@@H]2N1C(=O)CCc1ccccc1. The first-order valence-corrected chi connectivity index (χ1v) is 20.3. The molecular formula is C42H42ClN5O7S. The second-order valence-electron chi connectivity index (χ2n) is 14.2. The maximum absolute atomic E-state index is 14.7. The summed E-state index contributed by atoms with van der Waals surface area (Å²) in [6, 6.07) is 20.0. The van der Waals surface area contributed by atoms with Crippen LogP contribution in [0.5, 0.6) is 5.75 Å². The van der Waals surface area contributed by atoms with E-state index in [-0.39, 0.29) is 83.7 Å². The number of hydrogen-bond acceptors (Lipinski definition) is 8. The lowest BCUT2D eigenvalue weighted by atomic mass is 9.97. The van der Waals surface area contributed by atoms with Crippen molar-refractivity contribution < 1.29 is 32.7 Å². The Morgan fingerprint density at radius 1 is 1.00 bits per heavy atom. The highest BCUT2D eigenvalue weighted by Crippen LogP contribution is 2.34. The number of fused-ring (bicyclic) bond motifs is 2. The van der Waals surface area contributed by atoms with Gasteiger partial charge >= 0.3 is 0 Å². The van der Waals surface area contributed by atoms with Gasteiger partial charge in [0, 0.05) is 43.1 Å². The van der Waals surface area contributed by atoms with Crippen molar-refractivity contribution in [3.8, 4) is 5.75 Å². The summed E-state index contributed by atoms with van der Waals surface area (Å²) in [7, 11) is -4.21. The topological polar surface area (TPSA) is 141 Å². The van der Waals surface area contributed by atoms with E-state index < -0.39 is 28.1 Å². The van der Waals surface area contributed by atoms with E-state index in [0.29, 0.717) is 29.4 Å². The minimum atomic E-state index is -4.21. The molecule has 1 unspecified atom stereocenters. The Morgan fingerprint density at radius 2 is 1.75 bits per heavy atom. The summed E-state index contributed by atoms with van der Waals surface area (Å²) in [5.41, 5.74) is 2.56. The van der Waals surface area contributed by atoms with Crippen LogP contribution in [0.2, 0.25) is 0 Å². The number of para-hydroxylation sites is 1. The van der Waals surface area contributed by atoms with Gasteiger partial charge in [0.1, 0.15) is 18.0 Å². The van der Waals surface area contributed by atoms with Crippen molar-refractivity contribution in [1.82, 2.24) is 23.8 Å². The lowest BCUT2D eigenvalue weighted by Gasteiger charge is -2.55. The minimum Gasteiger partial charge on any atom is -0.508 e. The zero-order valence-electron chi connectivity index (χ0n) is 30.8. The second kappa shape index (κ2) is 15.9. The first-order valence-electron chi connectivity index (χ1n) is 18.4. The highest BCUT2D eigenvalue weighted by Gasteiger charge is 2.51. The van der Waals surface area contributed by atoms with Crippen molar-refractivity contribution in [3.63, 3.8) is 0 Å². The number of ketones is 1. The first kappa shape index (κ1) is 38.8. The van der Waals surface area contributed by atoms with Crippen molar-refractivity contribution >= 4 is 56.0 Å². The van der Waals surface area contributed by atoms with Crippen LogP contribution < -0.4 is 0 Å². The number of nitrogens with zero attached hydrogens (tertiary/aromatic N) is 5. The van der Waals surface area contributed by atoms with E-state index in [2.05, 4.69) is 6.58 Å². The van der Waals surface area contributed by atoms with Crippen LogP contribution in [0.15, 0.2) is 115 Å². The van der Waals surface area contributed by atoms with Gasteiger partial charge in [-0.1, -0.05) is 78.9 Å². The fraction of sp³-hybridized carbons (Fsp3) is 0.286. The summed E-state index contributed by atoms with van der Waals surface area (Å²) in [5, 5.41) is 13.3. The number of aromatic nitrogens is 1. The van der Waals surface area contributed by atoms with Gasteiger partial charge in [-0.2, -0.15) is 0 Å². The van der Waals surface area contributed by atoms with E-state index in [0.717, 1.165) is 9.54 Å². The highest BCUT2D eigenvalue weighted by atomic mass is 35.5. The van der Waals surface area contributed by atoms with Gasteiger partial charge in [-0.05, 0) is 54.7 Å². The Balaban J connectivity index is 1.31. The molecule has 3 aromatic carbocycles. The van der Waals surface area contributed by atoms with E-state index in [1.807, 2.05) is 30.3 Å². The molecule has 1 aromatic heterocycles. The number of rotatable bonds is 12. The average Bonchev–Trinajstić information content (AvgIpc) is 3.59. The molecule has 0 radical (unpaired) electrons. The molecule has 7 rings (SSSR count). The molecule has 3 heterocycles. The zero-order chi connectivity index (χ0) is 39.7. The maximum atomic E-state index is 14.7. The smallest absolute Gasteiger partial charge is 0.267 e. The van der Waals surface area contributed by atoms with Gasteiger partial charge in [-0.3, -0.25) is 19.2 Å². The Bertz CT molecular complexity index is 2370. The predicted molar refractivity (Wildman–Crippen MR) is 213 cm³/mol. The van der Waals surface area contributed by atoms with Gasteiger partial charge in [0.05, 0.1) is 28.9 Å². The van der Waals surface area contributed by atoms with Gasteiger partial charge in [-0.25, -0.2) is 22.4 Å². The Labute approximate surface area is 330 Å². The number of carbonyl (C=O) groups excluding carboxylic acids is 4. The van der Waals surface area contributed by atoms with Crippen LogP contribution in [0.3, 0.4) is 0 Å². The summed E-state index contributed by atoms with van der Waals surface area (Å²) in [5.74, 6) is -1.25. The Kier molecular flexibility index (Phi) is 11.0. The highest BCUT2D eigenvalue weighted by molar-refractivity contribution is 7.94. The van der Waals surface area contributed by atoms with E-state index in [1.165, 1.54) is 36.2 Å². The number of Topliss-reactive ketones (excluding diaryl/α,β-unsaturated/α-hetero) is 1. The molecule has 2 fully saturated rings. The summed E-state index contributed by atoms with van der Waals surface area (Å²) in [6.45, 7) is 5.12. The molecule has 1 aliphatic carbocycles. The molecule has 56 heavy (non-hydrogen) atoms. The molecule has 4 aromatic rings. The number of aryl methyl sites for hydroxylation is 1. The van der Waals surface area contributed by atoms with E-state index in [1.54, 1.807) is 63.5 Å². The summed E-state index contributed by atoms with van der Waals surface area (Å²) < 4.78 is 29.5. The minimum absolute atomic E-state index is 0.0301. The largest absolute Gasteiger partial charge is 0.508 e. The third kappa shape index (κ3) is 7.54. The number of carbonyl (C=O) groups is 4. The number of piperazine rings is 1. The number of aromatic hydroxyl groups is 1. The molecule has 2 aliphatic heterocycles. The van der Waals surface area contributed by atoms with Gasteiger partial charge < -0.3 is 14.9 Å². The summed E-state index contributed by atoms with van der Waals surface area (Å²) in [6.07, 6.45) is 7.64. The van der Waals surface area contributed by atoms with Crippen LogP contribution in [0.1, 0.15) is 46.8 Å². The molecule has 3 aliphatic rings. The molecule has 0 spiro atoms. The lowest BCUT2D eigenvalue weighted by Crippen LogP contribution is -2.75. The van der Waals surface area contributed by atoms with Crippen molar-refractivity contribution in [2.75, 3.05) is 19.6 Å². The normalized spacial score (nSPS) is 20.3. The summed E-state index contributed by atoms with van der Waals surface area (Å²) in [4.78, 5) is 59.1. The maximum Gasteiger partial charge on any atom is 0.267 e. The second-order valence-corrected chi connectivity index (χ2v) is 16.6. The first-order chi connectivity index (χ1) is 26.9. The van der Waals surface area contributed by atoms with Gasteiger partial charge in [0.25, 0.3) is 10.0 Å². The number of allylic oxidation sites excluding steroid dienone is 3. The van der Waals surface area contributed by atoms with Crippen LogP contribution in [0, 0.1) is 0 Å². The van der Waals surface area contributed by atoms with Crippen molar-refractivity contribution in [2.45, 2.75) is 56.7 Å². The molecule has 3 atom stereocenters. The van der Waals surface area contributed by atoms with Crippen molar-refractivity contribution in [2.24, 2.45) is 0 Å². The number of hydrazine groups is 1. The predicted octanol–water partition coefficient (Wildman–Crippen LogP) is 5.16. The number of alkyl halides is 1. The molecule has 12 nitrogen and oxygen atoms in total. The molecular weight excluding hydrogens is 754 g/mol. The average molecular weight is 796 g/mol. The molecule has 0 saturated carbocycles. The number of hydrogen-bond donors (Lipinski definition) is 1. The number of halogens is 1. The summed E-state index contributed by atoms with van der Waals surface area (Å²) >= 11 is 6.21. The Hall–Kier alpha value is -5.50. The van der Waals surface area contributed by atoms with Crippen LogP contribution in [-0.2, 0) is 43.8 Å². The quantitative estimate of drug-likeness (QED) is 0.118. The molecule has 14 heteroatoms. The molecule has 3 amide bonds. The monoisotopic (exact) mass is 795 g/mol. The fourth-order valence-electron chi connectivity index (χ4n) is 7.77. The number of phenols is 1. The Morgan fingerprint density at radius 3 is 2.43 bits per heavy atom. The molecule has 2 saturated heterocycles. The van der Waals surface area contributed by atoms with Crippen molar-refractivity contribution in [3.05, 3.63) is 137 Å². The number of benzene rings is 3. The molecule has 290 valence electrons. The van der Waals surface area contributed by atoms with E-state index >= 15 is 0 Å². The van der Waals surface area contributed by atoms with Gasteiger partial charge in [0.15, 0.2) is 5.78 Å². The van der Waals surface area contributed by atoms with Gasteiger partial charge in [-0.15, -0.1) is 18.2 Å². The van der Waals surface area contributed by atoms with Crippen LogP contribution in [0.25, 0.3) is 10.9 Å². The van der Waals surface area contributed by atoms with E-state index in [9.17, 15) is 32.7 Å². The third-order valence-electron chi connectivity index (χ3n) is 10.4. The third-order valence-corrected chi connectivity index (χ3v) is 12.5. The zero-order valence-corrected chi connectivity index (χ0v) is 32.4. The number of phenolic OH excluding ortho intramolecular Hbond substituents is 1. The molecule has 1 N–H and O–H groups in total. The fourth-order valence-corrected chi connectivity index (χ4v) is 9.42. The number of amides is 3. The van der Waals surface area contributed by atoms with Crippen LogP contribution in [-0.4, -0.2) is 98.0 Å². The van der Waals surface area contributed by atoms with Crippen molar-refractivity contribution in [1.29, 1.82) is 0 Å². The van der Waals surface area contributed by atoms with Crippen LogP contribution in [0.4, 0.5) is 0 Å². The molecule has 0 bridgehead atoms. The standard InChI is InChI=1S/C42H42ClN5O7S/c1-3-22-45-27-40(52)47-37(23-30-12-17-33(50)18-13-30)42(53)44(26-38(47)48(45)39(51)21-14-29-8-5-4-6-9-29)24-31-10-7-11-35-36(28(2)49)25-46(41(31)35)56(54,55)34-19-15-32(43)16-20-34/h3-13,15,17-20,25,32,37-38,50H,1,14,16,21-24,26-27H2,2H3/t32?,37-,38-/m0/s1.